The van der Waals surface area contributed by atoms with Crippen LogP contribution >= 0.6 is 0 Å². The second kappa shape index (κ2) is 8.53. The predicted molar refractivity (Wildman–Crippen MR) is 100 cm³/mol. The smallest absolute Gasteiger partial charge is 0.303 e. The van der Waals surface area contributed by atoms with Crippen LogP contribution in [0.4, 0.5) is 0 Å². The fraction of sp³-hybridized carbons (Fsp3) is 0.650. The molecule has 2 N–H and O–H groups in total. The molecule has 3 rings (SSSR count). The van der Waals surface area contributed by atoms with Crippen LogP contribution in [0.2, 0.25) is 0 Å². The third-order valence-electron chi connectivity index (χ3n) is 6.11. The maximum atomic E-state index is 12.7. The zero-order valence-corrected chi connectivity index (χ0v) is 16.0. The first-order valence-corrected chi connectivity index (χ1v) is 11.2. The largest absolute Gasteiger partial charge is 0.481 e. The Bertz CT molecular complexity index is 704. The molecule has 0 spiro atoms. The van der Waals surface area contributed by atoms with E-state index in [1.165, 1.54) is 6.42 Å². The first-order chi connectivity index (χ1) is 12.5. The molecule has 1 aromatic carbocycles. The lowest BCUT2D eigenvalue weighted by atomic mass is 9.81. The number of aliphatic carboxylic acids is 1. The van der Waals surface area contributed by atoms with Crippen LogP contribution in [0.5, 0.6) is 0 Å². The lowest BCUT2D eigenvalue weighted by Crippen LogP contribution is -2.43. The minimum Gasteiger partial charge on any atom is -0.481 e. The lowest BCUT2D eigenvalue weighted by Gasteiger charge is -2.31. The average Bonchev–Trinajstić information content (AvgIpc) is 3.20. The minimum atomic E-state index is -3.46. The van der Waals surface area contributed by atoms with Crippen molar-refractivity contribution < 1.29 is 18.3 Å². The molecule has 2 saturated carbocycles. The molecule has 6 heteroatoms. The number of benzene rings is 1. The van der Waals surface area contributed by atoms with E-state index in [9.17, 15) is 13.2 Å². The number of fused-ring (bicyclic) bond motifs is 2. The van der Waals surface area contributed by atoms with Crippen LogP contribution in [0.1, 0.15) is 57.8 Å². The van der Waals surface area contributed by atoms with Crippen molar-refractivity contribution in [3.8, 4) is 0 Å². The fourth-order valence-electron chi connectivity index (χ4n) is 4.87. The number of sulfonamides is 1. The molecular weight excluding hydrogens is 350 g/mol. The third kappa shape index (κ3) is 4.65. The average molecular weight is 380 g/mol. The van der Waals surface area contributed by atoms with Gasteiger partial charge in [-0.3, -0.25) is 4.79 Å². The molecule has 144 valence electrons. The molecule has 26 heavy (non-hydrogen) atoms. The van der Waals surface area contributed by atoms with Crippen molar-refractivity contribution >= 4 is 16.0 Å². The Morgan fingerprint density at radius 1 is 1.04 bits per heavy atom. The van der Waals surface area contributed by atoms with Gasteiger partial charge in [-0.1, -0.05) is 37.5 Å². The third-order valence-corrected chi connectivity index (χ3v) is 7.59. The molecule has 0 aliphatic heterocycles. The van der Waals surface area contributed by atoms with Crippen molar-refractivity contribution in [2.24, 2.45) is 17.8 Å². The molecule has 2 fully saturated rings. The number of unbranched alkanes of at least 4 members (excludes halogenated alkanes) is 3. The summed E-state index contributed by atoms with van der Waals surface area (Å²) in [4.78, 5) is 10.9. The SMILES string of the molecule is O=C(O)CCCCCCC1C2CCC(C2)C1NS(=O)(=O)c1ccccc1. The van der Waals surface area contributed by atoms with Gasteiger partial charge in [0.15, 0.2) is 0 Å². The van der Waals surface area contributed by atoms with Crippen LogP contribution in [0.25, 0.3) is 0 Å². The Balaban J connectivity index is 1.55. The summed E-state index contributed by atoms with van der Waals surface area (Å²) in [6.07, 6.45) is 8.52. The summed E-state index contributed by atoms with van der Waals surface area (Å²) >= 11 is 0. The van der Waals surface area contributed by atoms with E-state index in [-0.39, 0.29) is 12.5 Å². The molecule has 2 aliphatic carbocycles. The summed E-state index contributed by atoms with van der Waals surface area (Å²) in [6, 6.07) is 8.68. The molecule has 5 nitrogen and oxygen atoms in total. The van der Waals surface area contributed by atoms with E-state index < -0.39 is 16.0 Å². The summed E-state index contributed by atoms with van der Waals surface area (Å²) in [5.74, 6) is 0.804. The minimum absolute atomic E-state index is 0.0537. The van der Waals surface area contributed by atoms with Crippen molar-refractivity contribution in [2.75, 3.05) is 0 Å². The van der Waals surface area contributed by atoms with Gasteiger partial charge in [-0.05, 0) is 62.0 Å². The highest BCUT2D eigenvalue weighted by atomic mass is 32.2. The Kier molecular flexibility index (Phi) is 6.35. The van der Waals surface area contributed by atoms with Crippen molar-refractivity contribution in [1.82, 2.24) is 4.72 Å². The highest BCUT2D eigenvalue weighted by molar-refractivity contribution is 7.89. The molecule has 4 unspecified atom stereocenters. The van der Waals surface area contributed by atoms with Gasteiger partial charge >= 0.3 is 5.97 Å². The van der Waals surface area contributed by atoms with Crippen molar-refractivity contribution in [1.29, 1.82) is 0 Å². The maximum absolute atomic E-state index is 12.7. The molecule has 0 amide bonds. The van der Waals surface area contributed by atoms with Crippen LogP contribution in [-0.4, -0.2) is 25.5 Å². The summed E-state index contributed by atoms with van der Waals surface area (Å²) in [7, 11) is -3.46. The second-order valence-electron chi connectivity index (χ2n) is 7.80. The number of rotatable bonds is 10. The number of hydrogen-bond donors (Lipinski definition) is 2. The summed E-state index contributed by atoms with van der Waals surface area (Å²) < 4.78 is 28.5. The normalized spacial score (nSPS) is 27.7. The van der Waals surface area contributed by atoms with Crippen LogP contribution in [0.15, 0.2) is 35.2 Å². The van der Waals surface area contributed by atoms with Crippen LogP contribution < -0.4 is 4.72 Å². The van der Waals surface area contributed by atoms with Crippen molar-refractivity contribution in [2.45, 2.75) is 68.7 Å². The van der Waals surface area contributed by atoms with Gasteiger partial charge < -0.3 is 5.11 Å². The maximum Gasteiger partial charge on any atom is 0.303 e. The monoisotopic (exact) mass is 379 g/mol. The van der Waals surface area contributed by atoms with Gasteiger partial charge in [0.25, 0.3) is 0 Å². The molecule has 0 radical (unpaired) electrons. The Morgan fingerprint density at radius 3 is 2.46 bits per heavy atom. The number of carbonyl (C=O) groups is 1. The molecule has 2 bridgehead atoms. The summed E-state index contributed by atoms with van der Waals surface area (Å²) in [5, 5.41) is 8.69. The summed E-state index contributed by atoms with van der Waals surface area (Å²) in [6.45, 7) is 0. The van der Waals surface area contributed by atoms with Gasteiger partial charge in [0.05, 0.1) is 4.90 Å². The van der Waals surface area contributed by atoms with Gasteiger partial charge in [-0.25, -0.2) is 13.1 Å². The number of hydrogen-bond acceptors (Lipinski definition) is 3. The van der Waals surface area contributed by atoms with E-state index in [1.807, 2.05) is 6.07 Å². The van der Waals surface area contributed by atoms with E-state index in [1.54, 1.807) is 24.3 Å². The predicted octanol–water partition coefficient (Wildman–Crippen LogP) is 3.80. The van der Waals surface area contributed by atoms with Gasteiger partial charge in [-0.15, -0.1) is 0 Å². The topological polar surface area (TPSA) is 83.5 Å². The summed E-state index contributed by atoms with van der Waals surface area (Å²) in [5.41, 5.74) is 0. The first kappa shape index (κ1) is 19.4. The van der Waals surface area contributed by atoms with Gasteiger partial charge in [0, 0.05) is 12.5 Å². The zero-order chi connectivity index (χ0) is 18.6. The van der Waals surface area contributed by atoms with E-state index in [0.29, 0.717) is 22.6 Å². The van der Waals surface area contributed by atoms with Crippen LogP contribution in [0.3, 0.4) is 0 Å². The molecule has 4 atom stereocenters. The highest BCUT2D eigenvalue weighted by Crippen LogP contribution is 2.50. The van der Waals surface area contributed by atoms with E-state index in [2.05, 4.69) is 4.72 Å². The fourth-order valence-corrected chi connectivity index (χ4v) is 6.24. The first-order valence-electron chi connectivity index (χ1n) is 9.76. The van der Waals surface area contributed by atoms with E-state index >= 15 is 0 Å². The quantitative estimate of drug-likeness (QED) is 0.606. The van der Waals surface area contributed by atoms with Crippen LogP contribution in [-0.2, 0) is 14.8 Å². The van der Waals surface area contributed by atoms with Gasteiger partial charge in [0.2, 0.25) is 10.0 Å². The Hall–Kier alpha value is -1.40. The number of carboxylic acid groups (broad SMARTS) is 1. The van der Waals surface area contributed by atoms with Crippen molar-refractivity contribution in [3.63, 3.8) is 0 Å². The molecule has 0 heterocycles. The highest BCUT2D eigenvalue weighted by Gasteiger charge is 2.48. The molecular formula is C20H29NO4S. The second-order valence-corrected chi connectivity index (χ2v) is 9.52. The van der Waals surface area contributed by atoms with Gasteiger partial charge in [0.1, 0.15) is 0 Å². The molecule has 1 aromatic rings. The van der Waals surface area contributed by atoms with Crippen molar-refractivity contribution in [3.05, 3.63) is 30.3 Å². The van der Waals surface area contributed by atoms with Crippen LogP contribution in [0, 0.1) is 17.8 Å². The molecule has 2 aliphatic rings. The van der Waals surface area contributed by atoms with Gasteiger partial charge in [-0.2, -0.15) is 0 Å². The molecule has 0 aromatic heterocycles. The number of nitrogens with one attached hydrogen (secondary N) is 1. The van der Waals surface area contributed by atoms with E-state index in [4.69, 9.17) is 5.11 Å². The van der Waals surface area contributed by atoms with E-state index in [0.717, 1.165) is 44.9 Å². The molecule has 0 saturated heterocycles. The standard InChI is InChI=1S/C20H29NO4S/c22-19(23)11-7-2-1-6-10-18-15-12-13-16(14-15)20(18)21-26(24,25)17-8-4-3-5-9-17/h3-5,8-9,15-16,18,20-21H,1-2,6-7,10-14H2,(H,22,23). The number of carboxylic acids is 1. The lowest BCUT2D eigenvalue weighted by molar-refractivity contribution is -0.137. The zero-order valence-electron chi connectivity index (χ0n) is 15.1. The Morgan fingerprint density at radius 2 is 1.73 bits per heavy atom. The Labute approximate surface area is 156 Å².